The van der Waals surface area contributed by atoms with Crippen molar-refractivity contribution in [2.45, 2.75) is 25.8 Å². The molecule has 1 amide bonds. The number of hydrogen-bond donors (Lipinski definition) is 5. The smallest absolute Gasteiger partial charge is 0.222 e. The number of fused-ring (bicyclic) bond motifs is 2. The summed E-state index contributed by atoms with van der Waals surface area (Å²) < 4.78 is 0. The van der Waals surface area contributed by atoms with E-state index in [1.165, 1.54) is 0 Å². The molecular formula is C24H35N6O2P. The van der Waals surface area contributed by atoms with Crippen LogP contribution in [0.5, 0.6) is 0 Å². The number of nitrogens with one attached hydrogen (secondary N) is 4. The molecule has 8 nitrogen and oxygen atoms in total. The van der Waals surface area contributed by atoms with Gasteiger partial charge in [0.2, 0.25) is 5.91 Å². The van der Waals surface area contributed by atoms with Gasteiger partial charge in [-0.1, -0.05) is 12.6 Å². The van der Waals surface area contributed by atoms with E-state index in [2.05, 4.69) is 42.1 Å². The van der Waals surface area contributed by atoms with Crippen molar-refractivity contribution in [1.29, 1.82) is 0 Å². The number of carbonyl (C=O) groups excluding carboxylic acids is 2. The Balaban J connectivity index is 1.64. The van der Waals surface area contributed by atoms with Crippen LogP contribution in [0, 0.1) is 23.7 Å². The minimum Gasteiger partial charge on any atom is -0.388 e. The van der Waals surface area contributed by atoms with Crippen molar-refractivity contribution >= 4 is 39.0 Å². The number of anilines is 2. The summed E-state index contributed by atoms with van der Waals surface area (Å²) >= 11 is 0. The molecule has 0 radical (unpaired) electrons. The van der Waals surface area contributed by atoms with Gasteiger partial charge in [0.25, 0.3) is 0 Å². The van der Waals surface area contributed by atoms with Crippen molar-refractivity contribution in [3.05, 3.63) is 47.7 Å². The average Bonchev–Trinajstić information content (AvgIpc) is 3.36. The molecule has 6 atom stereocenters. The first kappa shape index (κ1) is 24.9. The minimum atomic E-state index is -0.243. The summed E-state index contributed by atoms with van der Waals surface area (Å²) in [4.78, 5) is 27.3. The van der Waals surface area contributed by atoms with Crippen LogP contribution in [0.25, 0.3) is 0 Å². The second kappa shape index (κ2) is 11.4. The maximum Gasteiger partial charge on any atom is 0.222 e. The van der Waals surface area contributed by atoms with Crippen LogP contribution in [-0.2, 0) is 9.59 Å². The van der Waals surface area contributed by atoms with Gasteiger partial charge in [-0.15, -0.1) is 9.24 Å². The zero-order chi connectivity index (χ0) is 24.0. The lowest BCUT2D eigenvalue weighted by Gasteiger charge is -2.36. The highest BCUT2D eigenvalue weighted by Gasteiger charge is 2.54. The first-order chi connectivity index (χ1) is 15.8. The summed E-state index contributed by atoms with van der Waals surface area (Å²) in [6, 6.07) is 7.84. The zero-order valence-electron chi connectivity index (χ0n) is 19.3. The normalized spacial score (nSPS) is 26.7. The summed E-state index contributed by atoms with van der Waals surface area (Å²) in [5.74, 6) is 1.15. The predicted molar refractivity (Wildman–Crippen MR) is 138 cm³/mol. The molecule has 1 aromatic carbocycles. The third-order valence-electron chi connectivity index (χ3n) is 6.72. The molecule has 0 saturated heterocycles. The van der Waals surface area contributed by atoms with Crippen molar-refractivity contribution in [2.24, 2.45) is 34.4 Å². The number of nitrogens with zero attached hydrogens (tertiary/aromatic N) is 1. The van der Waals surface area contributed by atoms with E-state index in [-0.39, 0.29) is 17.9 Å². The van der Waals surface area contributed by atoms with Crippen LogP contribution in [0.3, 0.4) is 0 Å². The van der Waals surface area contributed by atoms with Crippen LogP contribution in [0.15, 0.2) is 52.7 Å². The third-order valence-corrected chi connectivity index (χ3v) is 7.30. The van der Waals surface area contributed by atoms with Crippen LogP contribution >= 0.6 is 9.24 Å². The summed E-state index contributed by atoms with van der Waals surface area (Å²) in [5.41, 5.74) is 8.60. The lowest BCUT2D eigenvalue weighted by molar-refractivity contribution is -0.124. The third kappa shape index (κ3) is 6.21. The number of benzene rings is 1. The molecule has 0 spiro atoms. The Bertz CT molecular complexity index is 947. The summed E-state index contributed by atoms with van der Waals surface area (Å²) in [7, 11) is 4.57. The van der Waals surface area contributed by atoms with Gasteiger partial charge in [-0.3, -0.25) is 4.79 Å². The summed E-state index contributed by atoms with van der Waals surface area (Å²) in [6.45, 7) is 7.09. The van der Waals surface area contributed by atoms with Gasteiger partial charge in [0.15, 0.2) is 0 Å². The monoisotopic (exact) mass is 470 g/mol. The fraction of sp³-hybridized carbons (Fsp3) is 0.458. The molecule has 2 aliphatic carbocycles. The molecule has 2 bridgehead atoms. The van der Waals surface area contributed by atoms with Gasteiger partial charge in [-0.2, -0.15) is 0 Å². The quantitative estimate of drug-likeness (QED) is 0.138. The van der Waals surface area contributed by atoms with E-state index in [0.717, 1.165) is 48.1 Å². The van der Waals surface area contributed by atoms with E-state index in [1.54, 1.807) is 6.21 Å². The molecule has 0 heterocycles. The van der Waals surface area contributed by atoms with Crippen LogP contribution < -0.4 is 27.0 Å². The van der Waals surface area contributed by atoms with E-state index in [1.807, 2.05) is 38.2 Å². The van der Waals surface area contributed by atoms with Crippen molar-refractivity contribution < 1.29 is 9.59 Å². The Kier molecular flexibility index (Phi) is 8.64. The number of aldehydes is 1. The molecule has 6 unspecified atom stereocenters. The number of primary amides is 1. The second-order valence-electron chi connectivity index (χ2n) is 8.82. The maximum absolute atomic E-state index is 12.2. The molecule has 33 heavy (non-hydrogen) atoms. The van der Waals surface area contributed by atoms with Gasteiger partial charge in [-0.25, -0.2) is 4.99 Å². The highest BCUT2D eigenvalue weighted by atomic mass is 31.0. The SMILES string of the molecule is C=C(/N=C\C(P)=C(/C)NC1C2CC(CC2CNCC=O)C1C(N)=O)Nc1cccc(NC)c1. The molecule has 1 aromatic rings. The van der Waals surface area contributed by atoms with E-state index in [9.17, 15) is 9.59 Å². The first-order valence-corrected chi connectivity index (χ1v) is 11.9. The Morgan fingerprint density at radius 1 is 1.33 bits per heavy atom. The second-order valence-corrected chi connectivity index (χ2v) is 9.44. The molecule has 0 aromatic heterocycles. The Hall–Kier alpha value is -2.70. The Labute approximate surface area is 198 Å². The van der Waals surface area contributed by atoms with Gasteiger partial charge in [-0.05, 0) is 62.3 Å². The molecule has 2 fully saturated rings. The van der Waals surface area contributed by atoms with Gasteiger partial charge in [0.05, 0.1) is 12.5 Å². The fourth-order valence-corrected chi connectivity index (χ4v) is 5.35. The van der Waals surface area contributed by atoms with Gasteiger partial charge in [0.1, 0.15) is 12.1 Å². The molecule has 0 aliphatic heterocycles. The number of amides is 1. The molecule has 3 rings (SSSR count). The molecule has 2 saturated carbocycles. The van der Waals surface area contributed by atoms with E-state index in [4.69, 9.17) is 5.73 Å². The Morgan fingerprint density at radius 3 is 2.79 bits per heavy atom. The minimum absolute atomic E-state index is 0.0150. The topological polar surface area (TPSA) is 121 Å². The number of rotatable bonds is 12. The number of allylic oxidation sites excluding steroid dienone is 2. The number of nitrogens with two attached hydrogens (primary N) is 1. The highest BCUT2D eigenvalue weighted by molar-refractivity contribution is 7.24. The van der Waals surface area contributed by atoms with Crippen molar-refractivity contribution in [3.63, 3.8) is 0 Å². The van der Waals surface area contributed by atoms with Crippen molar-refractivity contribution in [2.75, 3.05) is 30.8 Å². The predicted octanol–water partition coefficient (Wildman–Crippen LogP) is 2.29. The lowest BCUT2D eigenvalue weighted by atomic mass is 9.77. The van der Waals surface area contributed by atoms with Crippen molar-refractivity contribution in [3.8, 4) is 0 Å². The van der Waals surface area contributed by atoms with Gasteiger partial charge in [0, 0.05) is 41.7 Å². The van der Waals surface area contributed by atoms with E-state index < -0.39 is 0 Å². The van der Waals surface area contributed by atoms with E-state index in [0.29, 0.717) is 30.1 Å². The summed E-state index contributed by atoms with van der Waals surface area (Å²) in [5, 5.41) is 13.9. The molecular weight excluding hydrogens is 435 g/mol. The van der Waals surface area contributed by atoms with Crippen LogP contribution in [0.1, 0.15) is 19.8 Å². The number of hydrogen-bond acceptors (Lipinski definition) is 7. The van der Waals surface area contributed by atoms with Crippen LogP contribution in [-0.4, -0.2) is 44.6 Å². The number of aliphatic imine (C=N–C) groups is 1. The Morgan fingerprint density at radius 2 is 2.09 bits per heavy atom. The zero-order valence-corrected chi connectivity index (χ0v) is 20.5. The number of carbonyl (C=O) groups is 2. The van der Waals surface area contributed by atoms with E-state index >= 15 is 0 Å². The lowest BCUT2D eigenvalue weighted by Crippen LogP contribution is -2.49. The van der Waals surface area contributed by atoms with Crippen LogP contribution in [0.2, 0.25) is 0 Å². The largest absolute Gasteiger partial charge is 0.388 e. The van der Waals surface area contributed by atoms with Gasteiger partial charge < -0.3 is 31.8 Å². The molecule has 2 aliphatic rings. The highest BCUT2D eigenvalue weighted by Crippen LogP contribution is 2.51. The fourth-order valence-electron chi connectivity index (χ4n) is 5.19. The maximum atomic E-state index is 12.2. The van der Waals surface area contributed by atoms with Crippen molar-refractivity contribution in [1.82, 2.24) is 10.6 Å². The molecule has 9 heteroatoms. The average molecular weight is 471 g/mol. The standard InChI is InChI=1S/C24H35N6O2P/c1-14(21(33)13-28-15(2)30-19-6-4-5-18(11-19)26-3)29-23-20-10-16(22(23)24(25)32)9-17(20)12-27-7-8-31/h4-6,8,11,13,16-17,20,22-23,26-27,29-30H,2,7,9-10,12,33H2,1,3H3,(H2,25,32)/b21-14-,28-13-. The first-order valence-electron chi connectivity index (χ1n) is 11.3. The molecule has 6 N–H and O–H groups in total. The summed E-state index contributed by atoms with van der Waals surface area (Å²) in [6.07, 6.45) is 4.57. The van der Waals surface area contributed by atoms with Gasteiger partial charge >= 0.3 is 0 Å². The van der Waals surface area contributed by atoms with Crippen LogP contribution in [0.4, 0.5) is 11.4 Å². The molecule has 178 valence electrons.